The molecule has 1 amide bonds. The Hall–Kier alpha value is -1.47. The lowest BCUT2D eigenvalue weighted by molar-refractivity contribution is -0.190. The van der Waals surface area contributed by atoms with E-state index in [0.717, 1.165) is 11.1 Å². The number of rotatable bonds is 5. The molecule has 1 aliphatic heterocycles. The Morgan fingerprint density at radius 1 is 1.45 bits per heavy atom. The van der Waals surface area contributed by atoms with Crippen LogP contribution in [0.4, 0.5) is 8.78 Å². The summed E-state index contributed by atoms with van der Waals surface area (Å²) < 4.78 is 26.0. The van der Waals surface area contributed by atoms with Gasteiger partial charge in [0, 0.05) is 17.9 Å². The van der Waals surface area contributed by atoms with Gasteiger partial charge in [0.25, 0.3) is 12.3 Å². The molecule has 1 aliphatic rings. The molecule has 1 atom stereocenters. The molecule has 0 spiro atoms. The Balaban J connectivity index is 1.96. The summed E-state index contributed by atoms with van der Waals surface area (Å²) in [4.78, 5) is 12.1. The minimum Gasteiger partial charge on any atom is -0.364 e. The zero-order chi connectivity index (χ0) is 16.3. The molecule has 0 saturated carbocycles. The van der Waals surface area contributed by atoms with Crippen LogP contribution in [-0.2, 0) is 10.5 Å². The van der Waals surface area contributed by atoms with Crippen molar-refractivity contribution >= 4 is 23.4 Å². The van der Waals surface area contributed by atoms with E-state index in [9.17, 15) is 18.7 Å². The fourth-order valence-electron chi connectivity index (χ4n) is 2.27. The minimum absolute atomic E-state index is 0.0137. The molecule has 0 aliphatic carbocycles. The van der Waals surface area contributed by atoms with E-state index in [1.165, 1.54) is 18.7 Å². The monoisotopic (exact) mass is 328 g/mol. The van der Waals surface area contributed by atoms with Crippen LogP contribution in [0.1, 0.15) is 24.5 Å². The van der Waals surface area contributed by atoms with Crippen LogP contribution in [0.15, 0.2) is 29.4 Å². The number of carbonyl (C=O) groups excluding carboxylic acids is 1. The third-order valence-electron chi connectivity index (χ3n) is 3.48. The maximum Gasteiger partial charge on any atom is 0.287 e. The van der Waals surface area contributed by atoms with Crippen LogP contribution in [0.25, 0.3) is 0 Å². The summed E-state index contributed by atoms with van der Waals surface area (Å²) in [6, 6.07) is 7.77. The number of benzene rings is 1. The van der Waals surface area contributed by atoms with Gasteiger partial charge in [-0.05, 0) is 25.0 Å². The molecule has 22 heavy (non-hydrogen) atoms. The van der Waals surface area contributed by atoms with Gasteiger partial charge in [-0.25, -0.2) is 8.78 Å². The Labute approximate surface area is 132 Å². The summed E-state index contributed by atoms with van der Waals surface area (Å²) in [5, 5.41) is 14.3. The molecule has 1 aromatic rings. The number of thioether (sulfide) groups is 1. The molecule has 0 aromatic heterocycles. The quantitative estimate of drug-likeness (QED) is 0.904. The van der Waals surface area contributed by atoms with Gasteiger partial charge in [-0.3, -0.25) is 4.79 Å². The second kappa shape index (κ2) is 6.75. The molecule has 0 bridgehead atoms. The van der Waals surface area contributed by atoms with Gasteiger partial charge < -0.3 is 5.11 Å². The smallest absolute Gasteiger partial charge is 0.287 e. The second-order valence-corrected chi connectivity index (χ2v) is 6.30. The zero-order valence-electron chi connectivity index (χ0n) is 12.4. The number of hydrogen-bond acceptors (Lipinski definition) is 4. The molecule has 0 saturated heterocycles. The lowest BCUT2D eigenvalue weighted by Gasteiger charge is -2.29. The average Bonchev–Trinajstić information content (AvgIpc) is 2.77. The Bertz CT molecular complexity index is 595. The molecular weight excluding hydrogens is 310 g/mol. The van der Waals surface area contributed by atoms with Crippen molar-refractivity contribution in [2.24, 2.45) is 5.10 Å². The highest BCUT2D eigenvalue weighted by Crippen LogP contribution is 2.32. The Morgan fingerprint density at radius 3 is 2.77 bits per heavy atom. The van der Waals surface area contributed by atoms with Crippen molar-refractivity contribution in [3.05, 3.63) is 35.4 Å². The largest absolute Gasteiger partial charge is 0.364 e. The first-order chi connectivity index (χ1) is 10.3. The summed E-state index contributed by atoms with van der Waals surface area (Å²) in [5.74, 6) is -0.0272. The number of aliphatic hydroxyl groups is 1. The van der Waals surface area contributed by atoms with Gasteiger partial charge in [0.2, 0.25) is 5.72 Å². The number of aryl methyl sites for hydroxylation is 1. The van der Waals surface area contributed by atoms with E-state index in [4.69, 9.17) is 0 Å². The highest BCUT2D eigenvalue weighted by atomic mass is 32.2. The highest BCUT2D eigenvalue weighted by Gasteiger charge is 2.50. The average molecular weight is 328 g/mol. The second-order valence-electron chi connectivity index (χ2n) is 5.32. The van der Waals surface area contributed by atoms with Crippen LogP contribution in [0, 0.1) is 6.92 Å². The van der Waals surface area contributed by atoms with E-state index >= 15 is 0 Å². The maximum absolute atomic E-state index is 13.0. The third-order valence-corrected chi connectivity index (χ3v) is 4.45. The van der Waals surface area contributed by atoms with E-state index in [-0.39, 0.29) is 12.2 Å². The Morgan fingerprint density at radius 2 is 2.14 bits per heavy atom. The van der Waals surface area contributed by atoms with Crippen molar-refractivity contribution in [2.45, 2.75) is 38.2 Å². The predicted molar refractivity (Wildman–Crippen MR) is 82.9 cm³/mol. The van der Waals surface area contributed by atoms with Crippen molar-refractivity contribution in [3.8, 4) is 0 Å². The summed E-state index contributed by atoms with van der Waals surface area (Å²) in [5.41, 5.74) is 0.0110. The van der Waals surface area contributed by atoms with Gasteiger partial charge in [0.15, 0.2) is 0 Å². The van der Waals surface area contributed by atoms with Crippen LogP contribution in [0.3, 0.4) is 0 Å². The molecule has 2 rings (SSSR count). The molecule has 0 unspecified atom stereocenters. The fraction of sp³-hybridized carbons (Fsp3) is 0.467. The zero-order valence-corrected chi connectivity index (χ0v) is 13.2. The van der Waals surface area contributed by atoms with Gasteiger partial charge in [-0.2, -0.15) is 10.1 Å². The molecule has 1 heterocycles. The number of hydrazone groups is 1. The number of alkyl halides is 2. The van der Waals surface area contributed by atoms with Crippen LogP contribution in [-0.4, -0.2) is 39.6 Å². The minimum atomic E-state index is -3.06. The lowest BCUT2D eigenvalue weighted by atomic mass is 10.1. The van der Waals surface area contributed by atoms with E-state index in [1.54, 1.807) is 0 Å². The summed E-state index contributed by atoms with van der Waals surface area (Å²) in [6.07, 6.45) is -3.38. The first-order valence-corrected chi connectivity index (χ1v) is 8.00. The van der Waals surface area contributed by atoms with Crippen molar-refractivity contribution in [1.29, 1.82) is 0 Å². The van der Waals surface area contributed by atoms with E-state index < -0.39 is 18.1 Å². The van der Waals surface area contributed by atoms with Crippen LogP contribution in [0.2, 0.25) is 0 Å². The number of hydrogen-bond donors (Lipinski definition) is 1. The standard InChI is InChI=1S/C15H18F2N2O2S/c1-10-5-3-4-6-12(10)8-22-9-13(20)19-15(21,14(16)17)7-11(2)18-19/h3-6,14,21H,7-9H2,1-2H3/t15-/m1/s1. The van der Waals surface area contributed by atoms with Gasteiger partial charge >= 0.3 is 0 Å². The molecule has 0 radical (unpaired) electrons. The SMILES string of the molecule is CC1=NN(C(=O)CSCc2ccccc2C)[C@](O)(C(F)F)C1. The van der Waals surface area contributed by atoms with Gasteiger partial charge in [0.1, 0.15) is 0 Å². The first kappa shape index (κ1) is 16.9. The van der Waals surface area contributed by atoms with Gasteiger partial charge in [0.05, 0.1) is 5.75 Å². The van der Waals surface area contributed by atoms with Crippen LogP contribution >= 0.6 is 11.8 Å². The van der Waals surface area contributed by atoms with Crippen molar-refractivity contribution in [3.63, 3.8) is 0 Å². The molecule has 1 N–H and O–H groups in total. The fourth-order valence-corrected chi connectivity index (χ4v) is 3.21. The summed E-state index contributed by atoms with van der Waals surface area (Å²) >= 11 is 1.31. The van der Waals surface area contributed by atoms with Crippen molar-refractivity contribution in [1.82, 2.24) is 5.01 Å². The van der Waals surface area contributed by atoms with Crippen LogP contribution < -0.4 is 0 Å². The molecule has 1 aromatic carbocycles. The highest BCUT2D eigenvalue weighted by molar-refractivity contribution is 7.99. The number of nitrogens with zero attached hydrogens (tertiary/aromatic N) is 2. The number of halogens is 2. The lowest BCUT2D eigenvalue weighted by Crippen LogP contribution is -2.52. The van der Waals surface area contributed by atoms with E-state index in [1.807, 2.05) is 31.2 Å². The molecule has 0 fully saturated rings. The molecule has 7 heteroatoms. The number of amides is 1. The van der Waals surface area contributed by atoms with Crippen LogP contribution in [0.5, 0.6) is 0 Å². The third kappa shape index (κ3) is 3.47. The molecule has 120 valence electrons. The van der Waals surface area contributed by atoms with E-state index in [0.29, 0.717) is 16.5 Å². The first-order valence-electron chi connectivity index (χ1n) is 6.84. The van der Waals surface area contributed by atoms with Crippen molar-refractivity contribution in [2.75, 3.05) is 5.75 Å². The topological polar surface area (TPSA) is 52.9 Å². The molecule has 4 nitrogen and oxygen atoms in total. The maximum atomic E-state index is 13.0. The van der Waals surface area contributed by atoms with Gasteiger partial charge in [-0.15, -0.1) is 11.8 Å². The Kier molecular flexibility index (Phi) is 5.18. The van der Waals surface area contributed by atoms with Crippen molar-refractivity contribution < 1.29 is 18.7 Å². The predicted octanol–water partition coefficient (Wildman–Crippen LogP) is 2.79. The summed E-state index contributed by atoms with van der Waals surface area (Å²) in [7, 11) is 0. The summed E-state index contributed by atoms with van der Waals surface area (Å²) in [6.45, 7) is 3.49. The molecular formula is C15H18F2N2O2S. The normalized spacial score (nSPS) is 21.4. The van der Waals surface area contributed by atoms with Gasteiger partial charge in [-0.1, -0.05) is 24.3 Å². The van der Waals surface area contributed by atoms with E-state index in [2.05, 4.69) is 5.10 Å². The number of carbonyl (C=O) groups is 1.